The third-order valence-corrected chi connectivity index (χ3v) is 4.55. The third-order valence-electron chi connectivity index (χ3n) is 4.55. The Bertz CT molecular complexity index is 756. The summed E-state index contributed by atoms with van der Waals surface area (Å²) in [6, 6.07) is 5.97. The number of ether oxygens (including phenoxy) is 2. The molecule has 0 bridgehead atoms. The first kappa shape index (κ1) is 22.6. The summed E-state index contributed by atoms with van der Waals surface area (Å²) in [6.07, 6.45) is 6.94. The molecule has 0 atom stereocenters. The van der Waals surface area contributed by atoms with Crippen molar-refractivity contribution in [2.24, 2.45) is 10.7 Å². The maximum absolute atomic E-state index is 6.59. The zero-order chi connectivity index (χ0) is 20.4. The largest absolute Gasteiger partial charge is 0.493 e. The van der Waals surface area contributed by atoms with Crippen molar-refractivity contribution in [2.45, 2.75) is 53.9 Å². The molecule has 0 unspecified atom stereocenters. The molecule has 0 heterocycles. The van der Waals surface area contributed by atoms with Gasteiger partial charge in [-0.25, -0.2) is 0 Å². The molecule has 0 aliphatic heterocycles. The maximum Gasteiger partial charge on any atom is 0.161 e. The standard InChI is InChI=1S/C23H34N2O2/c1-8-11-12-19(18-13-14-20(26-6)21(15-18)27-7)22(17(5)25-10-3)23(24)16(4)9-2/h10,12-15H,8-9,11,24H2,1-7H3/b19-12-,22-17-,23-16-,25-10?. The van der Waals surface area contributed by atoms with E-state index in [0.29, 0.717) is 11.5 Å². The molecule has 0 saturated heterocycles. The molecule has 0 aromatic heterocycles. The Balaban J connectivity index is 3.76. The van der Waals surface area contributed by atoms with Crippen molar-refractivity contribution in [2.75, 3.05) is 14.2 Å². The third kappa shape index (κ3) is 5.75. The average Bonchev–Trinajstić information content (AvgIpc) is 2.69. The van der Waals surface area contributed by atoms with Gasteiger partial charge in [0.1, 0.15) is 0 Å². The Morgan fingerprint density at radius 2 is 1.78 bits per heavy atom. The second-order valence-electron chi connectivity index (χ2n) is 6.37. The lowest BCUT2D eigenvalue weighted by Crippen LogP contribution is -2.09. The van der Waals surface area contributed by atoms with E-state index in [1.54, 1.807) is 20.4 Å². The highest BCUT2D eigenvalue weighted by atomic mass is 16.5. The molecule has 0 aliphatic carbocycles. The summed E-state index contributed by atoms with van der Waals surface area (Å²) in [5, 5.41) is 0. The molecule has 0 aliphatic rings. The van der Waals surface area contributed by atoms with Crippen LogP contribution in [0.2, 0.25) is 0 Å². The zero-order valence-electron chi connectivity index (χ0n) is 17.8. The van der Waals surface area contributed by atoms with Crippen LogP contribution in [0.15, 0.2) is 51.8 Å². The van der Waals surface area contributed by atoms with E-state index < -0.39 is 0 Å². The fourth-order valence-corrected chi connectivity index (χ4v) is 2.85. The molecule has 1 rings (SSSR count). The summed E-state index contributed by atoms with van der Waals surface area (Å²) in [5.41, 5.74) is 12.5. The van der Waals surface area contributed by atoms with Crippen molar-refractivity contribution in [1.29, 1.82) is 0 Å². The Morgan fingerprint density at radius 3 is 2.30 bits per heavy atom. The number of aliphatic imine (C=N–C) groups is 1. The topological polar surface area (TPSA) is 56.8 Å². The van der Waals surface area contributed by atoms with Crippen molar-refractivity contribution >= 4 is 11.8 Å². The van der Waals surface area contributed by atoms with E-state index in [-0.39, 0.29) is 0 Å². The Hall–Kier alpha value is -2.49. The van der Waals surface area contributed by atoms with Gasteiger partial charge in [-0.3, -0.25) is 4.99 Å². The minimum absolute atomic E-state index is 0.697. The van der Waals surface area contributed by atoms with E-state index >= 15 is 0 Å². The van der Waals surface area contributed by atoms with Gasteiger partial charge < -0.3 is 15.2 Å². The minimum Gasteiger partial charge on any atom is -0.493 e. The number of allylic oxidation sites excluding steroid dienone is 4. The number of hydrogen-bond acceptors (Lipinski definition) is 4. The maximum atomic E-state index is 6.59. The highest BCUT2D eigenvalue weighted by Crippen LogP contribution is 2.36. The van der Waals surface area contributed by atoms with Crippen LogP contribution < -0.4 is 15.2 Å². The van der Waals surface area contributed by atoms with Gasteiger partial charge >= 0.3 is 0 Å². The van der Waals surface area contributed by atoms with Gasteiger partial charge in [-0.15, -0.1) is 0 Å². The number of rotatable bonds is 9. The molecule has 0 spiro atoms. The molecule has 4 nitrogen and oxygen atoms in total. The normalized spacial score (nSPS) is 14.1. The number of unbranched alkanes of at least 4 members (excludes halogenated alkanes) is 1. The summed E-state index contributed by atoms with van der Waals surface area (Å²) in [7, 11) is 3.29. The van der Waals surface area contributed by atoms with Crippen LogP contribution in [0, 0.1) is 0 Å². The van der Waals surface area contributed by atoms with Crippen molar-refractivity contribution in [3.05, 3.63) is 52.4 Å². The first-order valence-corrected chi connectivity index (χ1v) is 9.53. The Labute approximate surface area is 164 Å². The van der Waals surface area contributed by atoms with E-state index in [9.17, 15) is 0 Å². The fourth-order valence-electron chi connectivity index (χ4n) is 2.85. The van der Waals surface area contributed by atoms with Gasteiger partial charge in [-0.2, -0.15) is 0 Å². The quantitative estimate of drug-likeness (QED) is 0.435. The van der Waals surface area contributed by atoms with Gasteiger partial charge in [0.2, 0.25) is 0 Å². The number of nitrogens with two attached hydrogens (primary N) is 1. The summed E-state index contributed by atoms with van der Waals surface area (Å²) < 4.78 is 10.9. The van der Waals surface area contributed by atoms with Crippen LogP contribution in [0.3, 0.4) is 0 Å². The lowest BCUT2D eigenvalue weighted by atomic mass is 9.90. The smallest absolute Gasteiger partial charge is 0.161 e. The van der Waals surface area contributed by atoms with E-state index in [4.69, 9.17) is 15.2 Å². The number of methoxy groups -OCH3 is 2. The molecule has 0 saturated carbocycles. The Kier molecular flexibility index (Phi) is 9.41. The molecule has 0 amide bonds. The van der Waals surface area contributed by atoms with Crippen molar-refractivity contribution in [3.63, 3.8) is 0 Å². The SMILES string of the molecule is CC=N/C(C)=C(C(=C\CCC)/c1ccc(OC)c(OC)c1)\C(N)=C(/C)CC. The predicted octanol–water partition coefficient (Wildman–Crippen LogP) is 5.89. The first-order valence-electron chi connectivity index (χ1n) is 9.53. The average molecular weight is 371 g/mol. The van der Waals surface area contributed by atoms with Gasteiger partial charge in [0.05, 0.1) is 14.2 Å². The molecular weight excluding hydrogens is 336 g/mol. The van der Waals surface area contributed by atoms with Crippen LogP contribution in [0.5, 0.6) is 11.5 Å². The highest BCUT2D eigenvalue weighted by Gasteiger charge is 2.17. The molecule has 0 fully saturated rings. The fraction of sp³-hybridized carbons (Fsp3) is 0.435. The second kappa shape index (κ2) is 11.3. The molecule has 4 heteroatoms. The summed E-state index contributed by atoms with van der Waals surface area (Å²) >= 11 is 0. The lowest BCUT2D eigenvalue weighted by Gasteiger charge is -2.19. The van der Waals surface area contributed by atoms with E-state index in [2.05, 4.69) is 31.8 Å². The van der Waals surface area contributed by atoms with Gasteiger partial charge in [-0.1, -0.05) is 32.4 Å². The molecule has 1 aromatic carbocycles. The second-order valence-corrected chi connectivity index (χ2v) is 6.37. The molecule has 148 valence electrons. The van der Waals surface area contributed by atoms with E-state index in [1.807, 2.05) is 32.0 Å². The van der Waals surface area contributed by atoms with Crippen LogP contribution in [0.4, 0.5) is 0 Å². The van der Waals surface area contributed by atoms with E-state index in [0.717, 1.165) is 52.9 Å². The lowest BCUT2D eigenvalue weighted by molar-refractivity contribution is 0.355. The Morgan fingerprint density at radius 1 is 1.11 bits per heavy atom. The first-order chi connectivity index (χ1) is 12.9. The van der Waals surface area contributed by atoms with Crippen molar-refractivity contribution < 1.29 is 9.47 Å². The highest BCUT2D eigenvalue weighted by molar-refractivity contribution is 5.85. The van der Waals surface area contributed by atoms with Crippen LogP contribution in [0.25, 0.3) is 5.57 Å². The molecule has 0 radical (unpaired) electrons. The van der Waals surface area contributed by atoms with Gasteiger partial charge in [0.25, 0.3) is 0 Å². The monoisotopic (exact) mass is 370 g/mol. The molecule has 1 aromatic rings. The van der Waals surface area contributed by atoms with Gasteiger partial charge in [0, 0.05) is 23.2 Å². The minimum atomic E-state index is 0.697. The zero-order valence-corrected chi connectivity index (χ0v) is 17.8. The van der Waals surface area contributed by atoms with Crippen LogP contribution >= 0.6 is 0 Å². The van der Waals surface area contributed by atoms with Crippen molar-refractivity contribution in [1.82, 2.24) is 0 Å². The molecular formula is C23H34N2O2. The van der Waals surface area contributed by atoms with E-state index in [1.165, 1.54) is 0 Å². The van der Waals surface area contributed by atoms with Crippen molar-refractivity contribution in [3.8, 4) is 11.5 Å². The summed E-state index contributed by atoms with van der Waals surface area (Å²) in [6.45, 7) is 10.3. The van der Waals surface area contributed by atoms with Crippen LogP contribution in [-0.2, 0) is 0 Å². The summed E-state index contributed by atoms with van der Waals surface area (Å²) in [4.78, 5) is 4.54. The van der Waals surface area contributed by atoms with Crippen LogP contribution in [-0.4, -0.2) is 20.4 Å². The van der Waals surface area contributed by atoms with Gasteiger partial charge in [-0.05, 0) is 62.5 Å². The number of benzene rings is 1. The number of nitrogens with zero attached hydrogens (tertiary/aromatic N) is 1. The molecule has 2 N–H and O–H groups in total. The summed E-state index contributed by atoms with van der Waals surface area (Å²) in [5.74, 6) is 1.40. The predicted molar refractivity (Wildman–Crippen MR) is 116 cm³/mol. The number of hydrogen-bond donors (Lipinski definition) is 1. The molecule has 27 heavy (non-hydrogen) atoms. The van der Waals surface area contributed by atoms with Gasteiger partial charge in [0.15, 0.2) is 11.5 Å². The van der Waals surface area contributed by atoms with Crippen LogP contribution in [0.1, 0.15) is 59.4 Å².